The highest BCUT2D eigenvalue weighted by Gasteiger charge is 2.13. The molecule has 0 aliphatic heterocycles. The molecule has 0 fully saturated rings. The van der Waals surface area contributed by atoms with Crippen molar-refractivity contribution < 1.29 is 8.42 Å². The third-order valence-corrected chi connectivity index (χ3v) is 3.46. The number of halogens is 1. The second-order valence-corrected chi connectivity index (χ2v) is 5.64. The third-order valence-electron chi connectivity index (χ3n) is 1.88. The summed E-state index contributed by atoms with van der Waals surface area (Å²) in [7, 11) is -3.28. The van der Waals surface area contributed by atoms with Gasteiger partial charge in [0.1, 0.15) is 0 Å². The number of sulfone groups is 1. The molecule has 1 aromatic rings. The van der Waals surface area contributed by atoms with E-state index in [0.29, 0.717) is 0 Å². The summed E-state index contributed by atoms with van der Waals surface area (Å²) >= 11 is 5.77. The van der Waals surface area contributed by atoms with Gasteiger partial charge in [0.05, 0.1) is 9.92 Å². The first-order valence-corrected chi connectivity index (χ1v) is 6.34. The second kappa shape index (κ2) is 3.88. The maximum Gasteiger partial charge on any atom is 0.177 e. The van der Waals surface area contributed by atoms with Crippen LogP contribution in [0.3, 0.4) is 0 Å². The summed E-state index contributed by atoms with van der Waals surface area (Å²) in [6, 6.07) is 4.59. The van der Waals surface area contributed by atoms with Crippen molar-refractivity contribution in [1.82, 2.24) is 0 Å². The van der Waals surface area contributed by atoms with Crippen LogP contribution in [-0.2, 0) is 9.84 Å². The van der Waals surface area contributed by atoms with Gasteiger partial charge in [0.15, 0.2) is 9.84 Å². The predicted molar refractivity (Wildman–Crippen MR) is 57.2 cm³/mol. The van der Waals surface area contributed by atoms with Gasteiger partial charge in [-0.3, -0.25) is 0 Å². The fourth-order valence-corrected chi connectivity index (χ4v) is 2.40. The summed E-state index contributed by atoms with van der Waals surface area (Å²) in [5.74, 6) is 0. The molecule has 14 heavy (non-hydrogen) atoms. The fourth-order valence-electron chi connectivity index (χ4n) is 1.09. The molecule has 0 aliphatic rings. The van der Waals surface area contributed by atoms with Crippen LogP contribution in [-0.4, -0.2) is 14.7 Å². The minimum absolute atomic E-state index is 0.133. The van der Waals surface area contributed by atoms with E-state index in [1.54, 1.807) is 19.1 Å². The van der Waals surface area contributed by atoms with Crippen molar-refractivity contribution in [1.29, 1.82) is 0 Å². The Balaban J connectivity index is 3.37. The average Bonchev–Trinajstić information content (AvgIpc) is 2.02. The average molecular weight is 234 g/mol. The lowest BCUT2D eigenvalue weighted by atomic mass is 10.1. The number of hydrogen-bond acceptors (Lipinski definition) is 3. The minimum atomic E-state index is -3.28. The Labute approximate surface area is 88.8 Å². The van der Waals surface area contributed by atoms with E-state index in [9.17, 15) is 8.42 Å². The summed E-state index contributed by atoms with van der Waals surface area (Å²) in [5, 5.41) is 0.233. The summed E-state index contributed by atoms with van der Waals surface area (Å²) in [6.07, 6.45) is 1.12. The van der Waals surface area contributed by atoms with Crippen LogP contribution in [0.25, 0.3) is 0 Å². The first-order chi connectivity index (χ1) is 6.32. The van der Waals surface area contributed by atoms with Gasteiger partial charge in [-0.05, 0) is 24.6 Å². The van der Waals surface area contributed by atoms with Crippen molar-refractivity contribution in [2.45, 2.75) is 17.9 Å². The Hall–Kier alpha value is -0.580. The van der Waals surface area contributed by atoms with Crippen molar-refractivity contribution in [3.63, 3.8) is 0 Å². The third kappa shape index (κ3) is 2.47. The molecule has 0 saturated carbocycles. The van der Waals surface area contributed by atoms with E-state index in [4.69, 9.17) is 17.3 Å². The molecule has 0 aromatic heterocycles. The normalized spacial score (nSPS) is 14.0. The standard InChI is InChI=1S/C9H12ClNO2S/c1-6(11)7-3-4-8(10)9(5-7)14(2,12)13/h3-6H,11H2,1-2H3. The molecule has 3 nitrogen and oxygen atoms in total. The lowest BCUT2D eigenvalue weighted by molar-refractivity contribution is 0.601. The van der Waals surface area contributed by atoms with Crippen LogP contribution in [0.1, 0.15) is 18.5 Å². The lowest BCUT2D eigenvalue weighted by Crippen LogP contribution is -2.07. The Morgan fingerprint density at radius 3 is 2.43 bits per heavy atom. The highest BCUT2D eigenvalue weighted by atomic mass is 35.5. The molecule has 2 N–H and O–H groups in total. The van der Waals surface area contributed by atoms with E-state index < -0.39 is 9.84 Å². The first-order valence-electron chi connectivity index (χ1n) is 4.07. The number of nitrogens with two attached hydrogens (primary N) is 1. The summed E-state index contributed by atoms with van der Waals surface area (Å²) in [5.41, 5.74) is 6.40. The van der Waals surface area contributed by atoms with E-state index in [2.05, 4.69) is 0 Å². The number of rotatable bonds is 2. The lowest BCUT2D eigenvalue weighted by Gasteiger charge is -2.08. The molecule has 1 atom stereocenters. The highest BCUT2D eigenvalue weighted by Crippen LogP contribution is 2.24. The largest absolute Gasteiger partial charge is 0.324 e. The quantitative estimate of drug-likeness (QED) is 0.847. The van der Waals surface area contributed by atoms with Crippen LogP contribution >= 0.6 is 11.6 Å². The van der Waals surface area contributed by atoms with Crippen molar-refractivity contribution in [2.24, 2.45) is 5.73 Å². The molecule has 1 unspecified atom stereocenters. The second-order valence-electron chi connectivity index (χ2n) is 3.25. The fraction of sp³-hybridized carbons (Fsp3) is 0.333. The van der Waals surface area contributed by atoms with E-state index in [1.165, 1.54) is 6.07 Å². The van der Waals surface area contributed by atoms with Crippen molar-refractivity contribution in [3.8, 4) is 0 Å². The SMILES string of the molecule is CC(N)c1ccc(Cl)c(S(C)(=O)=O)c1. The minimum Gasteiger partial charge on any atom is -0.324 e. The molecular formula is C9H12ClNO2S. The molecule has 0 radical (unpaired) electrons. The predicted octanol–water partition coefficient (Wildman–Crippen LogP) is 1.76. The summed E-state index contributed by atoms with van der Waals surface area (Å²) in [6.45, 7) is 1.79. The molecule has 1 rings (SSSR count). The van der Waals surface area contributed by atoms with Gasteiger partial charge in [-0.2, -0.15) is 0 Å². The van der Waals surface area contributed by atoms with Gasteiger partial charge in [0.25, 0.3) is 0 Å². The topological polar surface area (TPSA) is 60.2 Å². The Morgan fingerprint density at radius 1 is 1.43 bits per heavy atom. The highest BCUT2D eigenvalue weighted by molar-refractivity contribution is 7.90. The van der Waals surface area contributed by atoms with Crippen molar-refractivity contribution in [3.05, 3.63) is 28.8 Å². The monoisotopic (exact) mass is 233 g/mol. The van der Waals surface area contributed by atoms with Crippen LogP contribution in [0.2, 0.25) is 5.02 Å². The van der Waals surface area contributed by atoms with E-state index in [-0.39, 0.29) is 16.0 Å². The number of benzene rings is 1. The Kier molecular flexibility index (Phi) is 3.19. The van der Waals surface area contributed by atoms with Crippen molar-refractivity contribution in [2.75, 3.05) is 6.26 Å². The van der Waals surface area contributed by atoms with Gasteiger partial charge in [0, 0.05) is 12.3 Å². The van der Waals surface area contributed by atoms with Crippen LogP contribution < -0.4 is 5.73 Å². The van der Waals surface area contributed by atoms with Crippen LogP contribution in [0.15, 0.2) is 23.1 Å². The Morgan fingerprint density at radius 2 is 2.00 bits per heavy atom. The molecule has 0 spiro atoms. The van der Waals surface area contributed by atoms with E-state index in [1.807, 2.05) is 0 Å². The zero-order valence-electron chi connectivity index (χ0n) is 7.99. The molecule has 1 aromatic carbocycles. The molecule has 0 bridgehead atoms. The van der Waals surface area contributed by atoms with Crippen molar-refractivity contribution >= 4 is 21.4 Å². The molecule has 0 aliphatic carbocycles. The Bertz CT molecular complexity index is 440. The molecule has 78 valence electrons. The van der Waals surface area contributed by atoms with E-state index in [0.717, 1.165) is 11.8 Å². The van der Waals surface area contributed by atoms with Gasteiger partial charge in [-0.25, -0.2) is 8.42 Å². The summed E-state index contributed by atoms with van der Waals surface area (Å²) in [4.78, 5) is 0.133. The zero-order chi connectivity index (χ0) is 10.9. The van der Waals surface area contributed by atoms with Crippen LogP contribution in [0.4, 0.5) is 0 Å². The van der Waals surface area contributed by atoms with Crippen LogP contribution in [0.5, 0.6) is 0 Å². The molecule has 0 heterocycles. The van der Waals surface area contributed by atoms with Gasteiger partial charge in [-0.15, -0.1) is 0 Å². The van der Waals surface area contributed by atoms with Crippen LogP contribution in [0, 0.1) is 0 Å². The first kappa shape index (κ1) is 11.5. The van der Waals surface area contributed by atoms with Gasteiger partial charge in [-0.1, -0.05) is 17.7 Å². The maximum absolute atomic E-state index is 11.3. The van der Waals surface area contributed by atoms with Gasteiger partial charge >= 0.3 is 0 Å². The zero-order valence-corrected chi connectivity index (χ0v) is 9.56. The molecule has 0 amide bonds. The maximum atomic E-state index is 11.3. The smallest absolute Gasteiger partial charge is 0.177 e. The van der Waals surface area contributed by atoms with Gasteiger partial charge in [0.2, 0.25) is 0 Å². The summed E-state index contributed by atoms with van der Waals surface area (Å²) < 4.78 is 22.6. The molecule has 0 saturated heterocycles. The van der Waals surface area contributed by atoms with Gasteiger partial charge < -0.3 is 5.73 Å². The number of hydrogen-bond donors (Lipinski definition) is 1. The molecule has 5 heteroatoms. The van der Waals surface area contributed by atoms with E-state index >= 15 is 0 Å². The molecular weight excluding hydrogens is 222 g/mol.